The van der Waals surface area contributed by atoms with Gasteiger partial charge in [-0.1, -0.05) is 165 Å². The third kappa shape index (κ3) is 5.17. The van der Waals surface area contributed by atoms with E-state index in [1.165, 1.54) is 92.7 Å². The molecule has 0 radical (unpaired) electrons. The Labute approximate surface area is 305 Å². The van der Waals surface area contributed by atoms with Crippen molar-refractivity contribution in [3.63, 3.8) is 0 Å². The van der Waals surface area contributed by atoms with E-state index in [1.807, 2.05) is 13.8 Å². The third-order valence-electron chi connectivity index (χ3n) is 10.2. The molecule has 0 amide bonds. The zero-order valence-electron chi connectivity index (χ0n) is 30.0. The molecule has 1 heteroatoms. The molecular weight excluding hydrogens is 627 g/mol. The molecular formula is C51H41N. The van der Waals surface area contributed by atoms with Gasteiger partial charge in [0.15, 0.2) is 0 Å². The van der Waals surface area contributed by atoms with Crippen molar-refractivity contribution in [2.24, 2.45) is 0 Å². The Balaban J connectivity index is 0.000000937. The minimum Gasteiger partial charge on any atom is -0.309 e. The highest BCUT2D eigenvalue weighted by atomic mass is 15.0. The second-order valence-electron chi connectivity index (χ2n) is 13.0. The summed E-state index contributed by atoms with van der Waals surface area (Å²) in [5.41, 5.74) is 9.94. The fourth-order valence-corrected chi connectivity index (χ4v) is 8.14. The Morgan fingerprint density at radius 3 is 1.38 bits per heavy atom. The Morgan fingerprint density at radius 1 is 0.385 bits per heavy atom. The van der Waals surface area contributed by atoms with E-state index in [-0.39, 0.29) is 0 Å². The molecule has 0 unspecified atom stereocenters. The van der Waals surface area contributed by atoms with E-state index < -0.39 is 0 Å². The maximum atomic E-state index is 3.00. The fraction of sp³-hybridized carbons (Fsp3) is 0.0588. The highest BCUT2D eigenvalue weighted by molar-refractivity contribution is 6.28. The van der Waals surface area contributed by atoms with Crippen LogP contribution in [0, 0.1) is 6.92 Å². The highest BCUT2D eigenvalue weighted by Crippen LogP contribution is 2.45. The van der Waals surface area contributed by atoms with Gasteiger partial charge < -0.3 is 4.57 Å². The zero-order valence-corrected chi connectivity index (χ0v) is 30.0. The molecule has 1 nitrogen and oxygen atoms in total. The van der Waals surface area contributed by atoms with Gasteiger partial charge in [0.25, 0.3) is 0 Å². The van der Waals surface area contributed by atoms with E-state index >= 15 is 0 Å². The van der Waals surface area contributed by atoms with Crippen molar-refractivity contribution in [2.45, 2.75) is 20.8 Å². The minimum absolute atomic E-state index is 1.16. The SMILES string of the molecule is C=C.CC.Cc1ccc2c(ccc3c2c2c4ccccc4ccc2n3-c2ccc(-c3c4ccccc4c(-c4ccccc4)c4ccccc34)cc2)c1. The average Bonchev–Trinajstić information content (AvgIpc) is 3.57. The van der Waals surface area contributed by atoms with Crippen LogP contribution in [-0.4, -0.2) is 4.57 Å². The summed E-state index contributed by atoms with van der Waals surface area (Å²) >= 11 is 0. The quantitative estimate of drug-likeness (QED) is 0.131. The van der Waals surface area contributed by atoms with Gasteiger partial charge in [-0.2, -0.15) is 0 Å². The van der Waals surface area contributed by atoms with Crippen LogP contribution in [0.3, 0.4) is 0 Å². The summed E-state index contributed by atoms with van der Waals surface area (Å²) in [6.07, 6.45) is 0. The molecule has 0 aliphatic heterocycles. The van der Waals surface area contributed by atoms with E-state index in [9.17, 15) is 0 Å². The van der Waals surface area contributed by atoms with E-state index in [1.54, 1.807) is 0 Å². The molecule has 0 fully saturated rings. The van der Waals surface area contributed by atoms with Crippen molar-refractivity contribution in [1.82, 2.24) is 4.57 Å². The van der Waals surface area contributed by atoms with Crippen molar-refractivity contribution >= 4 is 64.9 Å². The van der Waals surface area contributed by atoms with Crippen LogP contribution < -0.4 is 0 Å². The van der Waals surface area contributed by atoms with Gasteiger partial charge in [-0.05, 0) is 96.5 Å². The van der Waals surface area contributed by atoms with Crippen LogP contribution in [-0.2, 0) is 0 Å². The predicted molar refractivity (Wildman–Crippen MR) is 229 cm³/mol. The monoisotopic (exact) mass is 667 g/mol. The van der Waals surface area contributed by atoms with E-state index in [0.717, 1.165) is 5.69 Å². The van der Waals surface area contributed by atoms with E-state index in [2.05, 4.69) is 195 Å². The first-order chi connectivity index (χ1) is 25.7. The normalized spacial score (nSPS) is 11.1. The molecule has 250 valence electrons. The molecule has 0 aliphatic carbocycles. The van der Waals surface area contributed by atoms with E-state index in [0.29, 0.717) is 0 Å². The van der Waals surface area contributed by atoms with Crippen LogP contribution in [0.25, 0.3) is 92.8 Å². The first-order valence-electron chi connectivity index (χ1n) is 18.2. The summed E-state index contributed by atoms with van der Waals surface area (Å²) in [5, 5.41) is 12.9. The summed E-state index contributed by atoms with van der Waals surface area (Å²) in [7, 11) is 0. The lowest BCUT2D eigenvalue weighted by atomic mass is 9.86. The molecule has 0 saturated carbocycles. The van der Waals surface area contributed by atoms with Gasteiger partial charge in [0, 0.05) is 16.5 Å². The van der Waals surface area contributed by atoms with Gasteiger partial charge in [0.2, 0.25) is 0 Å². The van der Waals surface area contributed by atoms with Gasteiger partial charge in [-0.25, -0.2) is 0 Å². The van der Waals surface area contributed by atoms with Gasteiger partial charge in [-0.3, -0.25) is 0 Å². The summed E-state index contributed by atoms with van der Waals surface area (Å²) in [4.78, 5) is 0. The lowest BCUT2D eigenvalue weighted by Crippen LogP contribution is -1.95. The molecule has 0 bridgehead atoms. The van der Waals surface area contributed by atoms with Crippen molar-refractivity contribution in [3.05, 3.63) is 189 Å². The van der Waals surface area contributed by atoms with Gasteiger partial charge >= 0.3 is 0 Å². The second kappa shape index (κ2) is 13.7. The third-order valence-corrected chi connectivity index (χ3v) is 10.2. The van der Waals surface area contributed by atoms with Crippen LogP contribution in [0.1, 0.15) is 19.4 Å². The number of hydrogen-bond acceptors (Lipinski definition) is 0. The molecule has 0 N–H and O–H groups in total. The maximum Gasteiger partial charge on any atom is 0.0547 e. The Hall–Kier alpha value is -6.44. The number of benzene rings is 9. The smallest absolute Gasteiger partial charge is 0.0547 e. The molecule has 0 aliphatic rings. The largest absolute Gasteiger partial charge is 0.309 e. The second-order valence-corrected chi connectivity index (χ2v) is 13.0. The van der Waals surface area contributed by atoms with Crippen LogP contribution >= 0.6 is 0 Å². The lowest BCUT2D eigenvalue weighted by Gasteiger charge is -2.18. The van der Waals surface area contributed by atoms with E-state index in [4.69, 9.17) is 0 Å². The Bertz CT molecular complexity index is 2830. The van der Waals surface area contributed by atoms with Crippen LogP contribution in [0.15, 0.2) is 183 Å². The highest BCUT2D eigenvalue weighted by Gasteiger charge is 2.19. The molecule has 10 aromatic rings. The number of aromatic nitrogens is 1. The number of hydrogen-bond donors (Lipinski definition) is 0. The molecule has 52 heavy (non-hydrogen) atoms. The van der Waals surface area contributed by atoms with Gasteiger partial charge in [-0.15, -0.1) is 13.2 Å². The Morgan fingerprint density at radius 2 is 0.827 bits per heavy atom. The summed E-state index contributed by atoms with van der Waals surface area (Å²) in [6, 6.07) is 62.6. The topological polar surface area (TPSA) is 4.93 Å². The minimum atomic E-state index is 1.16. The fourth-order valence-electron chi connectivity index (χ4n) is 8.14. The summed E-state index contributed by atoms with van der Waals surface area (Å²) in [5.74, 6) is 0. The number of fused-ring (bicyclic) bond motifs is 9. The average molecular weight is 668 g/mol. The Kier molecular flexibility index (Phi) is 8.63. The van der Waals surface area contributed by atoms with Crippen molar-refractivity contribution in [2.75, 3.05) is 0 Å². The summed E-state index contributed by atoms with van der Waals surface area (Å²) < 4.78 is 2.45. The van der Waals surface area contributed by atoms with Gasteiger partial charge in [0.1, 0.15) is 0 Å². The lowest BCUT2D eigenvalue weighted by molar-refractivity contribution is 1.18. The van der Waals surface area contributed by atoms with Crippen LogP contribution in [0.2, 0.25) is 0 Å². The molecule has 10 rings (SSSR count). The maximum absolute atomic E-state index is 3.00. The van der Waals surface area contributed by atoms with Gasteiger partial charge in [0.05, 0.1) is 11.0 Å². The standard InChI is InChI=1S/C47H31N.C2H6.C2H4/c1-30-19-26-37-34(29-30)23-28-43-47(37)46-36-14-6-5-11-31(36)22-27-42(46)48(43)35-24-20-33(21-25-35)45-40-17-9-7-15-38(40)44(32-12-3-2-4-13-32)39-16-8-10-18-41(39)45;2*1-2/h2-29H,1H3;1-2H3;1-2H2. The molecule has 0 atom stereocenters. The molecule has 0 saturated heterocycles. The van der Waals surface area contributed by atoms with Crippen molar-refractivity contribution in [3.8, 4) is 27.9 Å². The van der Waals surface area contributed by atoms with Crippen molar-refractivity contribution in [1.29, 1.82) is 0 Å². The molecule has 1 aromatic heterocycles. The van der Waals surface area contributed by atoms with Crippen LogP contribution in [0.5, 0.6) is 0 Å². The zero-order chi connectivity index (χ0) is 35.8. The number of aryl methyl sites for hydroxylation is 1. The number of rotatable bonds is 3. The molecule has 0 spiro atoms. The van der Waals surface area contributed by atoms with Crippen molar-refractivity contribution < 1.29 is 0 Å². The van der Waals surface area contributed by atoms with Crippen LogP contribution in [0.4, 0.5) is 0 Å². The number of nitrogens with zero attached hydrogens (tertiary/aromatic N) is 1. The first kappa shape index (κ1) is 32.7. The molecule has 9 aromatic carbocycles. The molecule has 1 heterocycles. The summed E-state index contributed by atoms with van der Waals surface area (Å²) in [6.45, 7) is 12.2. The first-order valence-corrected chi connectivity index (χ1v) is 18.2. The predicted octanol–water partition coefficient (Wildman–Crippen LogP) is 14.9.